The smallest absolute Gasteiger partial charge is 0.243 e. The van der Waals surface area contributed by atoms with Crippen LogP contribution in [0.3, 0.4) is 0 Å². The van der Waals surface area contributed by atoms with Crippen molar-refractivity contribution in [2.24, 2.45) is 34.0 Å². The molecule has 10 N–H and O–H groups in total. The second kappa shape index (κ2) is 16.0. The number of nitrogens with zero attached hydrogens (tertiary/aromatic N) is 1. The van der Waals surface area contributed by atoms with Gasteiger partial charge in [0.25, 0.3) is 0 Å². The van der Waals surface area contributed by atoms with Crippen molar-refractivity contribution in [3.8, 4) is 0 Å². The molecule has 0 saturated carbocycles. The Morgan fingerprint density at radius 2 is 1.53 bits per heavy atom. The minimum Gasteiger partial charge on any atom is -0.391 e. The Balaban J connectivity index is 5.58. The molecule has 0 aliphatic heterocycles. The van der Waals surface area contributed by atoms with Crippen molar-refractivity contribution in [1.82, 2.24) is 16.0 Å². The van der Waals surface area contributed by atoms with Crippen LogP contribution in [0, 0.1) is 11.8 Å². The summed E-state index contributed by atoms with van der Waals surface area (Å²) >= 11 is 0. The molecule has 6 atom stereocenters. The van der Waals surface area contributed by atoms with Gasteiger partial charge < -0.3 is 43.1 Å². The molecule has 0 rings (SSSR count). The van der Waals surface area contributed by atoms with Crippen LogP contribution < -0.4 is 33.2 Å². The Hall–Kier alpha value is -2.73. The van der Waals surface area contributed by atoms with Crippen LogP contribution in [0.4, 0.5) is 0 Å². The second-order valence-corrected chi connectivity index (χ2v) is 9.02. The first kappa shape index (κ1) is 31.3. The van der Waals surface area contributed by atoms with Gasteiger partial charge >= 0.3 is 0 Å². The SMILES string of the molecule is CC[C@H](C)[C@@H](C=O)NC(=O)[C@@H](CCCN=C(N)N)NC(=O)[C@H](CC(C)C)NC(=O)[C@@H](N)[C@@H](C)O. The van der Waals surface area contributed by atoms with E-state index in [4.69, 9.17) is 17.2 Å². The van der Waals surface area contributed by atoms with E-state index >= 15 is 0 Å². The first-order valence-electron chi connectivity index (χ1n) is 11.7. The molecule has 0 radical (unpaired) electrons. The van der Waals surface area contributed by atoms with E-state index in [2.05, 4.69) is 20.9 Å². The van der Waals surface area contributed by atoms with Crippen molar-refractivity contribution in [3.63, 3.8) is 0 Å². The van der Waals surface area contributed by atoms with Gasteiger partial charge in [0.1, 0.15) is 24.4 Å². The zero-order valence-electron chi connectivity index (χ0n) is 20.9. The van der Waals surface area contributed by atoms with Crippen molar-refractivity contribution in [2.45, 2.75) is 90.6 Å². The second-order valence-electron chi connectivity index (χ2n) is 9.02. The van der Waals surface area contributed by atoms with Crippen molar-refractivity contribution in [3.05, 3.63) is 0 Å². The highest BCUT2D eigenvalue weighted by Gasteiger charge is 2.30. The summed E-state index contributed by atoms with van der Waals surface area (Å²) in [4.78, 5) is 53.7. The third-order valence-corrected chi connectivity index (χ3v) is 5.45. The normalized spacial score (nSPS) is 16.4. The Morgan fingerprint density at radius 3 is 2.00 bits per heavy atom. The van der Waals surface area contributed by atoms with E-state index in [1.54, 1.807) is 0 Å². The zero-order valence-corrected chi connectivity index (χ0v) is 20.9. The molecule has 0 bridgehead atoms. The molecular weight excluding hydrogens is 442 g/mol. The largest absolute Gasteiger partial charge is 0.391 e. The summed E-state index contributed by atoms with van der Waals surface area (Å²) in [5.74, 6) is -1.91. The van der Waals surface area contributed by atoms with Gasteiger partial charge in [0.15, 0.2) is 5.96 Å². The lowest BCUT2D eigenvalue weighted by Gasteiger charge is -2.27. The van der Waals surface area contributed by atoms with Gasteiger partial charge in [0, 0.05) is 6.54 Å². The molecule has 3 amide bonds. The van der Waals surface area contributed by atoms with E-state index < -0.39 is 48.0 Å². The van der Waals surface area contributed by atoms with Gasteiger partial charge in [-0.25, -0.2) is 0 Å². The van der Waals surface area contributed by atoms with Gasteiger partial charge in [-0.3, -0.25) is 19.4 Å². The number of aliphatic hydroxyl groups excluding tert-OH is 1. The molecule has 0 aromatic rings. The quantitative estimate of drug-likeness (QED) is 0.0589. The molecule has 34 heavy (non-hydrogen) atoms. The zero-order chi connectivity index (χ0) is 26.4. The van der Waals surface area contributed by atoms with E-state index in [1.165, 1.54) is 6.92 Å². The van der Waals surface area contributed by atoms with E-state index in [0.717, 1.165) is 0 Å². The van der Waals surface area contributed by atoms with Crippen LogP contribution in [0.1, 0.15) is 60.3 Å². The average Bonchev–Trinajstić information content (AvgIpc) is 2.76. The number of aliphatic hydroxyl groups is 1. The van der Waals surface area contributed by atoms with Gasteiger partial charge in [-0.1, -0.05) is 34.1 Å². The lowest BCUT2D eigenvalue weighted by Crippen LogP contribution is -2.58. The number of nitrogens with two attached hydrogens (primary N) is 3. The average molecular weight is 486 g/mol. The van der Waals surface area contributed by atoms with Crippen LogP contribution >= 0.6 is 0 Å². The van der Waals surface area contributed by atoms with E-state index in [-0.39, 0.29) is 37.2 Å². The number of aliphatic imine (C=N–C) groups is 1. The number of aldehydes is 1. The molecule has 0 unspecified atom stereocenters. The first-order chi connectivity index (χ1) is 15.8. The van der Waals surface area contributed by atoms with Crippen LogP contribution in [0.25, 0.3) is 0 Å². The maximum atomic E-state index is 13.1. The summed E-state index contributed by atoms with van der Waals surface area (Å²) in [6.45, 7) is 9.12. The van der Waals surface area contributed by atoms with E-state index in [1.807, 2.05) is 27.7 Å². The highest BCUT2D eigenvalue weighted by atomic mass is 16.3. The first-order valence-corrected chi connectivity index (χ1v) is 11.7. The van der Waals surface area contributed by atoms with Crippen molar-refractivity contribution in [2.75, 3.05) is 6.54 Å². The Bertz CT molecular complexity index is 695. The van der Waals surface area contributed by atoms with Gasteiger partial charge in [0.2, 0.25) is 17.7 Å². The third-order valence-electron chi connectivity index (χ3n) is 5.45. The summed E-state index contributed by atoms with van der Waals surface area (Å²) in [6.07, 6.45) is 1.13. The number of hydrogen-bond donors (Lipinski definition) is 7. The maximum Gasteiger partial charge on any atom is 0.243 e. The maximum absolute atomic E-state index is 13.1. The molecule has 0 spiro atoms. The van der Waals surface area contributed by atoms with Crippen LogP contribution in [0.15, 0.2) is 4.99 Å². The lowest BCUT2D eigenvalue weighted by molar-refractivity contribution is -0.134. The lowest BCUT2D eigenvalue weighted by atomic mass is 9.99. The van der Waals surface area contributed by atoms with Gasteiger partial charge in [-0.2, -0.15) is 0 Å². The van der Waals surface area contributed by atoms with Crippen LogP contribution in [-0.2, 0) is 19.2 Å². The van der Waals surface area contributed by atoms with Crippen molar-refractivity contribution < 1.29 is 24.3 Å². The van der Waals surface area contributed by atoms with Gasteiger partial charge in [0.05, 0.1) is 12.1 Å². The van der Waals surface area contributed by atoms with Crippen molar-refractivity contribution in [1.29, 1.82) is 0 Å². The number of hydrogen-bond acceptors (Lipinski definition) is 7. The number of rotatable bonds is 16. The standard InChI is InChI=1S/C22H43N7O5/c1-6-13(4)17(11-30)29-19(32)15(8-7-9-26-22(24)25)27-20(33)16(10-12(2)3)28-21(34)18(23)14(5)31/h11-18,31H,6-10,23H2,1-5H3,(H,27,33)(H,28,34)(H,29,32)(H4,24,25,26)/t13-,14+,15+,16-,17+,18-/m0/s1. The molecule has 0 heterocycles. The monoisotopic (exact) mass is 485 g/mol. The number of carbonyl (C=O) groups is 4. The minimum absolute atomic E-state index is 0.0396. The molecule has 12 heteroatoms. The third kappa shape index (κ3) is 11.9. The molecular formula is C22H43N7O5. The molecule has 0 aliphatic rings. The summed E-state index contributed by atoms with van der Waals surface area (Å²) in [6, 6.07) is -3.86. The highest BCUT2D eigenvalue weighted by Crippen LogP contribution is 2.10. The fourth-order valence-electron chi connectivity index (χ4n) is 3.06. The number of amides is 3. The molecule has 0 aliphatic carbocycles. The van der Waals surface area contributed by atoms with E-state index in [0.29, 0.717) is 19.1 Å². The van der Waals surface area contributed by atoms with Gasteiger partial charge in [-0.15, -0.1) is 0 Å². The number of nitrogens with one attached hydrogen (secondary N) is 3. The summed E-state index contributed by atoms with van der Waals surface area (Å²) < 4.78 is 0. The summed E-state index contributed by atoms with van der Waals surface area (Å²) in [5.41, 5.74) is 16.3. The molecule has 196 valence electrons. The molecule has 0 aromatic heterocycles. The molecule has 12 nitrogen and oxygen atoms in total. The number of guanidine groups is 1. The molecule has 0 fully saturated rings. The fraction of sp³-hybridized carbons (Fsp3) is 0.773. The number of carbonyl (C=O) groups excluding carboxylic acids is 4. The molecule has 0 saturated heterocycles. The summed E-state index contributed by atoms with van der Waals surface area (Å²) in [5, 5.41) is 17.5. The van der Waals surface area contributed by atoms with Crippen LogP contribution in [-0.4, -0.2) is 71.9 Å². The topological polar surface area (TPSA) is 215 Å². The predicted molar refractivity (Wildman–Crippen MR) is 130 cm³/mol. The van der Waals surface area contributed by atoms with Gasteiger partial charge in [-0.05, 0) is 38.0 Å². The van der Waals surface area contributed by atoms with E-state index in [9.17, 15) is 24.3 Å². The predicted octanol–water partition coefficient (Wildman–Crippen LogP) is -1.51. The highest BCUT2D eigenvalue weighted by molar-refractivity contribution is 5.93. The fourth-order valence-corrected chi connectivity index (χ4v) is 3.06. The minimum atomic E-state index is -1.20. The van der Waals surface area contributed by atoms with Crippen LogP contribution in [0.2, 0.25) is 0 Å². The Kier molecular flexibility index (Phi) is 14.7. The Labute approximate surface area is 201 Å². The molecule has 0 aromatic carbocycles. The Morgan fingerprint density at radius 1 is 0.971 bits per heavy atom. The van der Waals surface area contributed by atoms with Crippen molar-refractivity contribution >= 4 is 30.0 Å². The van der Waals surface area contributed by atoms with Crippen LogP contribution in [0.5, 0.6) is 0 Å². The summed E-state index contributed by atoms with van der Waals surface area (Å²) in [7, 11) is 0.